The van der Waals surface area contributed by atoms with Crippen molar-refractivity contribution in [3.05, 3.63) is 58.3 Å². The summed E-state index contributed by atoms with van der Waals surface area (Å²) in [7, 11) is 0. The first-order valence-electron chi connectivity index (χ1n) is 10.3. The Balaban J connectivity index is 1.53. The summed E-state index contributed by atoms with van der Waals surface area (Å²) in [5.41, 5.74) is 5.15. The number of pyridine rings is 1. The molecule has 3 heterocycles. The van der Waals surface area contributed by atoms with Crippen molar-refractivity contribution >= 4 is 17.4 Å². The van der Waals surface area contributed by atoms with Crippen LogP contribution in [0.4, 0.5) is 5.82 Å². The van der Waals surface area contributed by atoms with Gasteiger partial charge in [0.15, 0.2) is 0 Å². The van der Waals surface area contributed by atoms with Gasteiger partial charge in [-0.3, -0.25) is 4.79 Å². The van der Waals surface area contributed by atoms with Gasteiger partial charge < -0.3 is 5.32 Å². The van der Waals surface area contributed by atoms with E-state index in [0.29, 0.717) is 18.0 Å². The number of nitriles is 1. The van der Waals surface area contributed by atoms with Crippen LogP contribution >= 0.6 is 0 Å². The topological polar surface area (TPSA) is 81.4 Å². The normalized spacial score (nSPS) is 21.1. The van der Waals surface area contributed by atoms with E-state index >= 15 is 0 Å². The van der Waals surface area contributed by atoms with E-state index < -0.39 is 0 Å². The Hall–Kier alpha value is -3.20. The van der Waals surface area contributed by atoms with Crippen molar-refractivity contribution in [1.82, 2.24) is 10.3 Å². The van der Waals surface area contributed by atoms with Crippen LogP contribution in [0.25, 0.3) is 0 Å². The molecule has 0 spiro atoms. The van der Waals surface area contributed by atoms with Crippen LogP contribution in [-0.4, -0.2) is 22.6 Å². The maximum atomic E-state index is 12.1. The average molecular weight is 385 g/mol. The summed E-state index contributed by atoms with van der Waals surface area (Å²) in [5.74, 6) is 1.38. The average Bonchev–Trinajstić information content (AvgIpc) is 3.47. The number of aryl methyl sites for hydroxylation is 1. The first-order chi connectivity index (χ1) is 14.1. The molecule has 0 bridgehead atoms. The van der Waals surface area contributed by atoms with E-state index in [1.807, 2.05) is 31.2 Å². The molecule has 1 aromatic heterocycles. The van der Waals surface area contributed by atoms with Gasteiger partial charge in [0.1, 0.15) is 11.9 Å². The van der Waals surface area contributed by atoms with E-state index in [4.69, 9.17) is 5.10 Å². The highest BCUT2D eigenvalue weighted by atomic mass is 16.1. The first kappa shape index (κ1) is 17.9. The van der Waals surface area contributed by atoms with Gasteiger partial charge in [-0.25, -0.2) is 9.99 Å². The fraction of sp³-hybridized carbons (Fsp3) is 0.391. The van der Waals surface area contributed by atoms with E-state index in [2.05, 4.69) is 27.4 Å². The Morgan fingerprint density at radius 2 is 2.03 bits per heavy atom. The number of aromatic nitrogens is 1. The molecule has 0 radical (unpaired) electrons. The molecular formula is C23H23N5O. The number of rotatable bonds is 3. The van der Waals surface area contributed by atoms with E-state index in [1.54, 1.807) is 0 Å². The molecule has 3 aliphatic rings. The lowest BCUT2D eigenvalue weighted by Crippen LogP contribution is -2.33. The number of hydrazone groups is 1. The summed E-state index contributed by atoms with van der Waals surface area (Å²) in [5, 5.41) is 19.1. The Kier molecular flexibility index (Phi) is 4.31. The van der Waals surface area contributed by atoms with Crippen LogP contribution < -0.4 is 10.3 Å². The summed E-state index contributed by atoms with van der Waals surface area (Å²) < 4.78 is 0. The van der Waals surface area contributed by atoms with Crippen LogP contribution in [0.15, 0.2) is 35.4 Å². The molecule has 1 fully saturated rings. The van der Waals surface area contributed by atoms with Crippen LogP contribution in [0.5, 0.6) is 0 Å². The minimum Gasteiger partial charge on any atom is -0.348 e. The minimum absolute atomic E-state index is 0.00553. The summed E-state index contributed by atoms with van der Waals surface area (Å²) in [4.78, 5) is 16.8. The molecule has 5 rings (SSSR count). The van der Waals surface area contributed by atoms with Gasteiger partial charge in [0.2, 0.25) is 0 Å². The third kappa shape index (κ3) is 3.07. The van der Waals surface area contributed by atoms with Crippen LogP contribution in [0, 0.1) is 24.2 Å². The largest absolute Gasteiger partial charge is 0.348 e. The smallest absolute Gasteiger partial charge is 0.251 e. The van der Waals surface area contributed by atoms with Crippen molar-refractivity contribution in [2.24, 2.45) is 11.0 Å². The monoisotopic (exact) mass is 385 g/mol. The zero-order chi connectivity index (χ0) is 20.0. The fourth-order valence-corrected chi connectivity index (χ4v) is 4.82. The van der Waals surface area contributed by atoms with Gasteiger partial charge in [-0.15, -0.1) is 0 Å². The first-order valence-corrected chi connectivity index (χ1v) is 10.3. The maximum Gasteiger partial charge on any atom is 0.251 e. The van der Waals surface area contributed by atoms with E-state index in [1.165, 1.54) is 25.7 Å². The maximum absolute atomic E-state index is 12.1. The van der Waals surface area contributed by atoms with Gasteiger partial charge in [0, 0.05) is 18.5 Å². The second kappa shape index (κ2) is 7.00. The molecule has 146 valence electrons. The number of hydrogen-bond donors (Lipinski definition) is 1. The van der Waals surface area contributed by atoms with Crippen LogP contribution in [0.2, 0.25) is 0 Å². The van der Waals surface area contributed by atoms with Crippen LogP contribution in [0.3, 0.4) is 0 Å². The standard InChI is InChI=1S/C23H23N5O/c1-14-17(12-24)8-9-22(26-14)28-21(15-4-2-3-5-15)11-20(27-28)16-6-7-18-13-25-23(29)19(18)10-16/h6-10,15,21H,2-5,11,13H2,1H3,(H,25,29). The number of fused-ring (bicyclic) bond motifs is 1. The number of carbonyl (C=O) groups excluding carboxylic acids is 1. The number of amides is 1. The highest BCUT2D eigenvalue weighted by Gasteiger charge is 2.37. The Morgan fingerprint density at radius 3 is 2.79 bits per heavy atom. The van der Waals surface area contributed by atoms with Gasteiger partial charge in [0.25, 0.3) is 5.91 Å². The molecule has 1 saturated carbocycles. The zero-order valence-electron chi connectivity index (χ0n) is 16.5. The minimum atomic E-state index is -0.00553. The van der Waals surface area contributed by atoms with Crippen LogP contribution in [0.1, 0.15) is 64.8 Å². The van der Waals surface area contributed by atoms with Gasteiger partial charge in [0.05, 0.1) is 23.0 Å². The van der Waals surface area contributed by atoms with E-state index in [-0.39, 0.29) is 11.9 Å². The van der Waals surface area contributed by atoms with E-state index in [9.17, 15) is 10.1 Å². The molecule has 1 atom stereocenters. The van der Waals surface area contributed by atoms with Crippen LogP contribution in [-0.2, 0) is 6.54 Å². The third-order valence-corrected chi connectivity index (χ3v) is 6.44. The summed E-state index contributed by atoms with van der Waals surface area (Å²) in [6.45, 7) is 2.47. The lowest BCUT2D eigenvalue weighted by molar-refractivity contribution is 0.0965. The predicted octanol–water partition coefficient (Wildman–Crippen LogP) is 3.68. The molecule has 6 nitrogen and oxygen atoms in total. The lowest BCUT2D eigenvalue weighted by atomic mass is 9.91. The SMILES string of the molecule is Cc1nc(N2N=C(c3ccc4c(c3)C(=O)NC4)CC2C2CCCC2)ccc1C#N. The molecule has 2 aromatic rings. The highest BCUT2D eigenvalue weighted by molar-refractivity contribution is 6.06. The molecule has 1 amide bonds. The second-order valence-electron chi connectivity index (χ2n) is 8.18. The number of nitrogens with one attached hydrogen (secondary N) is 1. The molecular weight excluding hydrogens is 362 g/mol. The summed E-state index contributed by atoms with van der Waals surface area (Å²) >= 11 is 0. The zero-order valence-corrected chi connectivity index (χ0v) is 16.5. The van der Waals surface area contributed by atoms with E-state index in [0.717, 1.165) is 40.3 Å². The number of anilines is 1. The second-order valence-corrected chi connectivity index (χ2v) is 8.18. The summed E-state index contributed by atoms with van der Waals surface area (Å²) in [6, 6.07) is 12.3. The van der Waals surface area contributed by atoms with Crippen molar-refractivity contribution in [2.75, 3.05) is 5.01 Å². The molecule has 1 aromatic carbocycles. The van der Waals surface area contributed by atoms with Gasteiger partial charge in [-0.1, -0.05) is 25.0 Å². The molecule has 6 heteroatoms. The van der Waals surface area contributed by atoms with Gasteiger partial charge in [-0.2, -0.15) is 10.4 Å². The molecule has 0 saturated heterocycles. The highest BCUT2D eigenvalue weighted by Crippen LogP contribution is 2.38. The molecule has 1 unspecified atom stereocenters. The Labute approximate surface area is 170 Å². The molecule has 29 heavy (non-hydrogen) atoms. The van der Waals surface area contributed by atoms with Gasteiger partial charge >= 0.3 is 0 Å². The van der Waals surface area contributed by atoms with Crippen molar-refractivity contribution in [1.29, 1.82) is 5.26 Å². The van der Waals surface area contributed by atoms with Crippen molar-refractivity contribution in [3.8, 4) is 6.07 Å². The quantitative estimate of drug-likeness (QED) is 0.874. The molecule has 2 aliphatic heterocycles. The summed E-state index contributed by atoms with van der Waals surface area (Å²) in [6.07, 6.45) is 5.82. The Bertz CT molecular complexity index is 1060. The number of benzene rings is 1. The molecule has 1 aliphatic carbocycles. The number of nitrogens with zero attached hydrogens (tertiary/aromatic N) is 4. The number of hydrogen-bond acceptors (Lipinski definition) is 5. The number of carbonyl (C=O) groups is 1. The fourth-order valence-electron chi connectivity index (χ4n) is 4.82. The Morgan fingerprint density at radius 1 is 1.21 bits per heavy atom. The third-order valence-electron chi connectivity index (χ3n) is 6.44. The van der Waals surface area contributed by atoms with Gasteiger partial charge in [-0.05, 0) is 55.0 Å². The van der Waals surface area contributed by atoms with Crippen molar-refractivity contribution in [2.45, 2.75) is 51.6 Å². The molecule has 1 N–H and O–H groups in total. The lowest BCUT2D eigenvalue weighted by Gasteiger charge is -2.27. The van der Waals surface area contributed by atoms with Crippen molar-refractivity contribution < 1.29 is 4.79 Å². The predicted molar refractivity (Wildman–Crippen MR) is 111 cm³/mol. The van der Waals surface area contributed by atoms with Crippen molar-refractivity contribution in [3.63, 3.8) is 0 Å².